The van der Waals surface area contributed by atoms with Crippen LogP contribution in [-0.4, -0.2) is 0 Å². The molecule has 1 aliphatic carbocycles. The van der Waals surface area contributed by atoms with Gasteiger partial charge in [0, 0.05) is 5.92 Å². The van der Waals surface area contributed by atoms with Gasteiger partial charge in [-0.15, -0.1) is 0 Å². The van der Waals surface area contributed by atoms with Gasteiger partial charge in [-0.05, 0) is 35.5 Å². The molecular weight excluding hydrogens is 240 g/mol. The molecule has 0 amide bonds. The Balaban J connectivity index is 1.76. The Morgan fingerprint density at radius 3 is 1.95 bits per heavy atom. The average molecular weight is 262 g/mol. The Kier molecular flexibility index (Phi) is 3.48. The molecule has 3 rings (SSSR count). The van der Waals surface area contributed by atoms with Crippen LogP contribution in [0.4, 0.5) is 0 Å². The highest BCUT2D eigenvalue weighted by atomic mass is 14.4. The quantitative estimate of drug-likeness (QED) is 0.679. The van der Waals surface area contributed by atoms with Crippen LogP contribution in [0.25, 0.3) is 5.57 Å². The Hall–Kier alpha value is -1.82. The highest BCUT2D eigenvalue weighted by Gasteiger charge is 2.40. The molecule has 0 heterocycles. The molecule has 1 aliphatic rings. The zero-order valence-corrected chi connectivity index (χ0v) is 12.5. The van der Waals surface area contributed by atoms with Gasteiger partial charge in [-0.3, -0.25) is 0 Å². The molecule has 3 unspecified atom stereocenters. The van der Waals surface area contributed by atoms with Crippen LogP contribution < -0.4 is 0 Å². The Morgan fingerprint density at radius 1 is 0.800 bits per heavy atom. The van der Waals surface area contributed by atoms with E-state index in [2.05, 4.69) is 81.4 Å². The van der Waals surface area contributed by atoms with Crippen molar-refractivity contribution in [3.05, 3.63) is 77.4 Å². The minimum atomic E-state index is 0.595. The van der Waals surface area contributed by atoms with Crippen molar-refractivity contribution < 1.29 is 0 Å². The monoisotopic (exact) mass is 262 g/mol. The van der Waals surface area contributed by atoms with E-state index < -0.39 is 0 Å². The van der Waals surface area contributed by atoms with Gasteiger partial charge in [-0.1, -0.05) is 80.1 Å². The van der Waals surface area contributed by atoms with E-state index in [1.165, 1.54) is 11.1 Å². The molecule has 0 N–H and O–H groups in total. The molecule has 0 nitrogen and oxygen atoms in total. The molecule has 0 saturated heterocycles. The predicted molar refractivity (Wildman–Crippen MR) is 86.5 cm³/mol. The highest BCUT2D eigenvalue weighted by Crippen LogP contribution is 2.54. The molecule has 0 fully saturated rings. The van der Waals surface area contributed by atoms with Crippen molar-refractivity contribution in [1.82, 2.24) is 0 Å². The predicted octanol–water partition coefficient (Wildman–Crippen LogP) is 5.53. The summed E-state index contributed by atoms with van der Waals surface area (Å²) < 4.78 is 0. The van der Waals surface area contributed by atoms with Crippen LogP contribution in [0.1, 0.15) is 37.8 Å². The molecule has 102 valence electrons. The lowest BCUT2D eigenvalue weighted by Crippen LogP contribution is -2.10. The fourth-order valence-electron chi connectivity index (χ4n) is 3.38. The van der Waals surface area contributed by atoms with Crippen molar-refractivity contribution in [3.8, 4) is 0 Å². The van der Waals surface area contributed by atoms with Crippen LogP contribution in [0, 0.1) is 11.8 Å². The summed E-state index contributed by atoms with van der Waals surface area (Å²) in [6, 6.07) is 21.7. The van der Waals surface area contributed by atoms with Crippen molar-refractivity contribution in [3.63, 3.8) is 0 Å². The van der Waals surface area contributed by atoms with E-state index >= 15 is 0 Å². The average Bonchev–Trinajstić information content (AvgIpc) is 3.19. The molecule has 0 spiro atoms. The standard InChI is InChI=1S/C20H22/c1-14(17-10-6-4-7-11-17)15(2)19-16(3)20(19)18-12-8-5-9-13-18/h4-15,19H,1-3H3. The Bertz CT molecular complexity index is 607. The maximum absolute atomic E-state index is 2.39. The first kappa shape index (κ1) is 13.2. The second kappa shape index (κ2) is 5.28. The minimum absolute atomic E-state index is 0.595. The second-order valence-electron chi connectivity index (χ2n) is 6.00. The first-order valence-corrected chi connectivity index (χ1v) is 7.51. The summed E-state index contributed by atoms with van der Waals surface area (Å²) in [6.45, 7) is 7.04. The molecule has 0 heteroatoms. The normalized spacial score (nSPS) is 20.6. The highest BCUT2D eigenvalue weighted by molar-refractivity contribution is 5.85. The molecular formula is C20H22. The van der Waals surface area contributed by atoms with Gasteiger partial charge in [-0.2, -0.15) is 0 Å². The molecule has 3 atom stereocenters. The van der Waals surface area contributed by atoms with Crippen molar-refractivity contribution in [2.45, 2.75) is 26.7 Å². The Morgan fingerprint density at radius 2 is 1.35 bits per heavy atom. The number of allylic oxidation sites excluding steroid dienone is 2. The first-order valence-electron chi connectivity index (χ1n) is 7.51. The lowest BCUT2D eigenvalue weighted by molar-refractivity contribution is 0.451. The van der Waals surface area contributed by atoms with Crippen molar-refractivity contribution in [2.24, 2.45) is 11.8 Å². The molecule has 2 aromatic rings. The number of hydrogen-bond donors (Lipinski definition) is 0. The third kappa shape index (κ3) is 2.31. The van der Waals surface area contributed by atoms with E-state index in [9.17, 15) is 0 Å². The van der Waals surface area contributed by atoms with Gasteiger partial charge in [0.05, 0.1) is 0 Å². The van der Waals surface area contributed by atoms with Gasteiger partial charge in [0.2, 0.25) is 0 Å². The zero-order valence-electron chi connectivity index (χ0n) is 12.5. The summed E-state index contributed by atoms with van der Waals surface area (Å²) in [5, 5.41) is 0. The van der Waals surface area contributed by atoms with Crippen LogP contribution in [0.2, 0.25) is 0 Å². The maximum Gasteiger partial charge on any atom is 0.00886 e. The van der Waals surface area contributed by atoms with Gasteiger partial charge in [-0.25, -0.2) is 0 Å². The summed E-state index contributed by atoms with van der Waals surface area (Å²) in [5.41, 5.74) is 6.00. The number of rotatable bonds is 4. The summed E-state index contributed by atoms with van der Waals surface area (Å²) >= 11 is 0. The topological polar surface area (TPSA) is 0 Å². The second-order valence-corrected chi connectivity index (χ2v) is 6.00. The largest absolute Gasteiger partial charge is 0.0622 e. The molecule has 2 aromatic carbocycles. The smallest absolute Gasteiger partial charge is 0.00886 e. The third-order valence-corrected chi connectivity index (χ3v) is 4.84. The lowest BCUT2D eigenvalue weighted by atomic mass is 9.83. The van der Waals surface area contributed by atoms with Crippen LogP contribution in [-0.2, 0) is 0 Å². The van der Waals surface area contributed by atoms with Crippen molar-refractivity contribution in [2.75, 3.05) is 0 Å². The van der Waals surface area contributed by atoms with Gasteiger partial charge in [0.1, 0.15) is 0 Å². The maximum atomic E-state index is 2.39. The fraction of sp³-hybridized carbons (Fsp3) is 0.300. The van der Waals surface area contributed by atoms with E-state index in [1.807, 2.05) is 0 Å². The summed E-state index contributed by atoms with van der Waals surface area (Å²) in [4.78, 5) is 0. The van der Waals surface area contributed by atoms with Crippen LogP contribution in [0.15, 0.2) is 66.2 Å². The van der Waals surface area contributed by atoms with Gasteiger partial charge in [0.15, 0.2) is 0 Å². The summed E-state index contributed by atoms with van der Waals surface area (Å²) in [5.74, 6) is 1.91. The van der Waals surface area contributed by atoms with E-state index in [1.54, 1.807) is 11.1 Å². The van der Waals surface area contributed by atoms with E-state index in [-0.39, 0.29) is 0 Å². The van der Waals surface area contributed by atoms with Gasteiger partial charge in [0.25, 0.3) is 0 Å². The van der Waals surface area contributed by atoms with Crippen LogP contribution in [0.5, 0.6) is 0 Å². The van der Waals surface area contributed by atoms with E-state index in [0.29, 0.717) is 17.8 Å². The molecule has 0 saturated carbocycles. The van der Waals surface area contributed by atoms with Crippen LogP contribution in [0.3, 0.4) is 0 Å². The van der Waals surface area contributed by atoms with Crippen molar-refractivity contribution in [1.29, 1.82) is 0 Å². The SMILES string of the molecule is CC1=C(c2ccccc2)C1C(C)C(C)c1ccccc1. The molecule has 0 radical (unpaired) electrons. The summed E-state index contributed by atoms with van der Waals surface area (Å²) in [6.07, 6.45) is 0. The lowest BCUT2D eigenvalue weighted by Gasteiger charge is -2.21. The fourth-order valence-corrected chi connectivity index (χ4v) is 3.38. The molecule has 0 aliphatic heterocycles. The van der Waals surface area contributed by atoms with Crippen molar-refractivity contribution >= 4 is 5.57 Å². The third-order valence-electron chi connectivity index (χ3n) is 4.84. The Labute approximate surface area is 122 Å². The number of benzene rings is 2. The molecule has 0 aromatic heterocycles. The van der Waals surface area contributed by atoms with E-state index in [0.717, 1.165) is 0 Å². The minimum Gasteiger partial charge on any atom is -0.0622 e. The van der Waals surface area contributed by atoms with Crippen LogP contribution >= 0.6 is 0 Å². The summed E-state index contributed by atoms with van der Waals surface area (Å²) in [7, 11) is 0. The van der Waals surface area contributed by atoms with E-state index in [4.69, 9.17) is 0 Å². The molecule has 20 heavy (non-hydrogen) atoms. The zero-order chi connectivity index (χ0) is 14.1. The number of hydrogen-bond acceptors (Lipinski definition) is 0. The molecule has 0 bridgehead atoms. The van der Waals surface area contributed by atoms with Gasteiger partial charge >= 0.3 is 0 Å². The van der Waals surface area contributed by atoms with Gasteiger partial charge < -0.3 is 0 Å². The first-order chi connectivity index (χ1) is 9.70.